The number of hydrogen-bond donors (Lipinski definition) is 2. The van der Waals surface area contributed by atoms with Gasteiger partial charge in [-0.3, -0.25) is 9.69 Å². The summed E-state index contributed by atoms with van der Waals surface area (Å²) < 4.78 is 0. The molecule has 5 nitrogen and oxygen atoms in total. The molecule has 0 spiro atoms. The molecule has 1 aliphatic rings. The van der Waals surface area contributed by atoms with Gasteiger partial charge in [-0.2, -0.15) is 0 Å². The second kappa shape index (κ2) is 11.0. The van der Waals surface area contributed by atoms with Gasteiger partial charge in [0.1, 0.15) is 0 Å². The van der Waals surface area contributed by atoms with E-state index < -0.39 is 0 Å². The van der Waals surface area contributed by atoms with Crippen molar-refractivity contribution in [2.45, 2.75) is 32.1 Å². The predicted octanol–water partition coefficient (Wildman–Crippen LogP) is 5.62. The quantitative estimate of drug-likeness (QED) is 0.500. The van der Waals surface area contributed by atoms with E-state index in [4.69, 9.17) is 11.6 Å². The number of carbonyl (C=O) groups excluding carboxylic acids is 2. The lowest BCUT2D eigenvalue weighted by Crippen LogP contribution is -2.35. The highest BCUT2D eigenvalue weighted by Gasteiger charge is 2.20. The zero-order valence-corrected chi connectivity index (χ0v) is 19.3. The van der Waals surface area contributed by atoms with Crippen molar-refractivity contribution in [3.05, 3.63) is 94.5 Å². The molecule has 0 unspecified atom stereocenters. The van der Waals surface area contributed by atoms with E-state index in [1.54, 1.807) is 0 Å². The van der Waals surface area contributed by atoms with E-state index in [0.717, 1.165) is 42.5 Å². The van der Waals surface area contributed by atoms with Gasteiger partial charge in [-0.25, -0.2) is 4.79 Å². The van der Waals surface area contributed by atoms with E-state index in [9.17, 15) is 9.59 Å². The van der Waals surface area contributed by atoms with E-state index in [1.807, 2.05) is 71.6 Å². The van der Waals surface area contributed by atoms with E-state index in [0.29, 0.717) is 30.2 Å². The number of amides is 3. The second-order valence-corrected chi connectivity index (χ2v) is 8.70. The second-order valence-electron chi connectivity index (χ2n) is 8.27. The van der Waals surface area contributed by atoms with Crippen molar-refractivity contribution in [2.75, 3.05) is 23.3 Å². The van der Waals surface area contributed by atoms with Crippen LogP contribution in [0.25, 0.3) is 0 Å². The number of nitrogens with zero attached hydrogens (tertiary/aromatic N) is 1. The minimum atomic E-state index is -0.128. The summed E-state index contributed by atoms with van der Waals surface area (Å²) in [5.74, 6) is -0.0260. The van der Waals surface area contributed by atoms with Gasteiger partial charge in [-0.1, -0.05) is 54.1 Å². The molecular weight excluding hydrogens is 434 g/mol. The fraction of sp³-hybridized carbons (Fsp3) is 0.259. The molecule has 1 heterocycles. The Kier molecular flexibility index (Phi) is 7.63. The Bertz CT molecular complexity index is 1100. The monoisotopic (exact) mass is 461 g/mol. The number of nitrogens with one attached hydrogen (secondary N) is 2. The van der Waals surface area contributed by atoms with Crippen LogP contribution in [-0.4, -0.2) is 25.0 Å². The van der Waals surface area contributed by atoms with Gasteiger partial charge in [0, 0.05) is 29.5 Å². The Hall–Kier alpha value is -3.31. The summed E-state index contributed by atoms with van der Waals surface area (Å²) in [6.07, 6.45) is 4.11. The first kappa shape index (κ1) is 22.9. The fourth-order valence-corrected chi connectivity index (χ4v) is 4.17. The van der Waals surface area contributed by atoms with Crippen molar-refractivity contribution in [3.8, 4) is 0 Å². The van der Waals surface area contributed by atoms with Crippen molar-refractivity contribution in [3.63, 3.8) is 0 Å². The van der Waals surface area contributed by atoms with Crippen LogP contribution in [0.3, 0.4) is 0 Å². The van der Waals surface area contributed by atoms with Crippen molar-refractivity contribution in [1.82, 2.24) is 5.32 Å². The van der Waals surface area contributed by atoms with Crippen LogP contribution in [0, 0.1) is 0 Å². The lowest BCUT2D eigenvalue weighted by Gasteiger charge is -2.23. The van der Waals surface area contributed by atoms with Crippen LogP contribution >= 0.6 is 11.6 Å². The maximum absolute atomic E-state index is 12.9. The molecule has 33 heavy (non-hydrogen) atoms. The van der Waals surface area contributed by atoms with E-state index in [-0.39, 0.29) is 11.9 Å². The topological polar surface area (TPSA) is 61.4 Å². The van der Waals surface area contributed by atoms with Crippen LogP contribution in [0.4, 0.5) is 16.2 Å². The predicted molar refractivity (Wildman–Crippen MR) is 134 cm³/mol. The lowest BCUT2D eigenvalue weighted by molar-refractivity contribution is -0.120. The molecule has 0 aromatic heterocycles. The molecule has 1 aliphatic heterocycles. The van der Waals surface area contributed by atoms with E-state index in [1.165, 1.54) is 5.56 Å². The number of halogens is 1. The third-order valence-corrected chi connectivity index (χ3v) is 6.08. The van der Waals surface area contributed by atoms with Gasteiger partial charge in [-0.05, 0) is 72.7 Å². The Labute approximate surface area is 199 Å². The van der Waals surface area contributed by atoms with Gasteiger partial charge < -0.3 is 10.6 Å². The first-order valence-electron chi connectivity index (χ1n) is 11.3. The lowest BCUT2D eigenvalue weighted by atomic mass is 10.1. The summed E-state index contributed by atoms with van der Waals surface area (Å²) in [6.45, 7) is 1.28. The Balaban J connectivity index is 1.28. The molecule has 2 N–H and O–H groups in total. The number of urea groups is 1. The molecule has 170 valence electrons. The maximum atomic E-state index is 12.9. The number of benzene rings is 3. The summed E-state index contributed by atoms with van der Waals surface area (Å²) in [5, 5.41) is 6.65. The van der Waals surface area contributed by atoms with Crippen LogP contribution < -0.4 is 15.5 Å². The normalized spacial score (nSPS) is 13.1. The van der Waals surface area contributed by atoms with Crippen LogP contribution in [0.5, 0.6) is 0 Å². The largest absolute Gasteiger partial charge is 0.355 e. The van der Waals surface area contributed by atoms with Crippen LogP contribution in [0.2, 0.25) is 5.02 Å². The summed E-state index contributed by atoms with van der Waals surface area (Å²) in [5.41, 5.74) is 4.94. The number of anilines is 2. The highest BCUT2D eigenvalue weighted by molar-refractivity contribution is 6.30. The van der Waals surface area contributed by atoms with Crippen LogP contribution in [0.15, 0.2) is 72.8 Å². The van der Waals surface area contributed by atoms with Gasteiger partial charge in [0.2, 0.25) is 5.91 Å². The first-order valence-corrected chi connectivity index (χ1v) is 11.7. The zero-order chi connectivity index (χ0) is 23.0. The molecule has 0 saturated heterocycles. The Morgan fingerprint density at radius 2 is 1.61 bits per heavy atom. The van der Waals surface area contributed by atoms with E-state index >= 15 is 0 Å². The molecule has 0 saturated carbocycles. The summed E-state index contributed by atoms with van der Waals surface area (Å²) >= 11 is 5.90. The minimum absolute atomic E-state index is 0.0260. The minimum Gasteiger partial charge on any atom is -0.355 e. The van der Waals surface area contributed by atoms with E-state index in [2.05, 4.69) is 16.7 Å². The number of carbonyl (C=O) groups is 2. The van der Waals surface area contributed by atoms with Crippen molar-refractivity contribution < 1.29 is 9.59 Å². The number of para-hydroxylation sites is 1. The molecule has 3 aromatic carbocycles. The molecule has 0 radical (unpaired) electrons. The highest BCUT2D eigenvalue weighted by atomic mass is 35.5. The standard InChI is InChI=1S/C27H28ClN3O2/c28-23-12-8-20(9-13-23)16-17-29-26(32)19-21-10-14-24(15-11-21)30-27(33)31-18-4-3-6-22-5-1-2-7-25(22)31/h1-2,5,7-15H,3-4,6,16-19H2,(H,29,32)(H,30,33). The fourth-order valence-electron chi connectivity index (χ4n) is 4.04. The third-order valence-electron chi connectivity index (χ3n) is 5.82. The van der Waals surface area contributed by atoms with Crippen molar-refractivity contribution in [1.29, 1.82) is 0 Å². The molecule has 6 heteroatoms. The van der Waals surface area contributed by atoms with Gasteiger partial charge in [0.25, 0.3) is 0 Å². The maximum Gasteiger partial charge on any atom is 0.326 e. The Morgan fingerprint density at radius 3 is 2.39 bits per heavy atom. The number of rotatable bonds is 6. The molecule has 0 fully saturated rings. The first-order chi connectivity index (χ1) is 16.1. The zero-order valence-electron chi connectivity index (χ0n) is 18.5. The number of hydrogen-bond acceptors (Lipinski definition) is 2. The Morgan fingerprint density at radius 1 is 0.879 bits per heavy atom. The third kappa shape index (κ3) is 6.36. The van der Waals surface area contributed by atoms with Gasteiger partial charge in [0.05, 0.1) is 6.42 Å². The molecule has 0 bridgehead atoms. The smallest absolute Gasteiger partial charge is 0.326 e. The van der Waals surface area contributed by atoms with Gasteiger partial charge in [0.15, 0.2) is 0 Å². The van der Waals surface area contributed by atoms with Crippen LogP contribution in [0.1, 0.15) is 29.5 Å². The van der Waals surface area contributed by atoms with Crippen molar-refractivity contribution in [2.24, 2.45) is 0 Å². The van der Waals surface area contributed by atoms with Crippen LogP contribution in [-0.2, 0) is 24.1 Å². The average Bonchev–Trinajstić information content (AvgIpc) is 3.04. The molecule has 0 aliphatic carbocycles. The SMILES string of the molecule is O=C(Cc1ccc(NC(=O)N2CCCCc3ccccc32)cc1)NCCc1ccc(Cl)cc1. The van der Waals surface area contributed by atoms with Crippen molar-refractivity contribution >= 4 is 34.9 Å². The molecular formula is C27H28ClN3O2. The summed E-state index contributed by atoms with van der Waals surface area (Å²) in [7, 11) is 0. The van der Waals surface area contributed by atoms with Gasteiger partial charge in [-0.15, -0.1) is 0 Å². The molecule has 3 amide bonds. The molecule has 4 rings (SSSR count). The summed E-state index contributed by atoms with van der Waals surface area (Å²) in [4.78, 5) is 27.0. The highest BCUT2D eigenvalue weighted by Crippen LogP contribution is 2.26. The molecule has 0 atom stereocenters. The average molecular weight is 462 g/mol. The number of aryl methyl sites for hydroxylation is 1. The summed E-state index contributed by atoms with van der Waals surface area (Å²) in [6, 6.07) is 23.0. The van der Waals surface area contributed by atoms with Gasteiger partial charge >= 0.3 is 6.03 Å². The molecule has 3 aromatic rings. The number of fused-ring (bicyclic) bond motifs is 1.